The Balaban J connectivity index is 2.41. The van der Waals surface area contributed by atoms with E-state index in [0.29, 0.717) is 5.69 Å². The average Bonchev–Trinajstić information content (AvgIpc) is 2.29. The average molecular weight is 282 g/mol. The van der Waals surface area contributed by atoms with Crippen LogP contribution in [0.15, 0.2) is 42.5 Å². The number of carbonyl (C=O) groups is 1. The second-order valence-corrected chi connectivity index (χ2v) is 4.12. The standard InChI is InChI=1S/C12H9BrFNO/c13-11(14)12(16)15-10-7-3-5-8-4-1-2-6-9(8)10/h1-7,11H,(H,15,16). The molecular weight excluding hydrogens is 273 g/mol. The van der Waals surface area contributed by atoms with E-state index in [9.17, 15) is 9.18 Å². The Hall–Kier alpha value is -1.42. The molecule has 16 heavy (non-hydrogen) atoms. The van der Waals surface area contributed by atoms with Crippen LogP contribution in [0.1, 0.15) is 0 Å². The molecule has 2 nitrogen and oxygen atoms in total. The number of hydrogen-bond donors (Lipinski definition) is 1. The van der Waals surface area contributed by atoms with E-state index < -0.39 is 11.0 Å². The molecule has 0 heterocycles. The molecular formula is C12H9BrFNO. The van der Waals surface area contributed by atoms with Gasteiger partial charge in [-0.15, -0.1) is 0 Å². The first-order valence-corrected chi connectivity index (χ1v) is 5.67. The zero-order valence-corrected chi connectivity index (χ0v) is 9.87. The predicted octanol–water partition coefficient (Wildman–Crippen LogP) is 3.47. The molecule has 0 radical (unpaired) electrons. The van der Waals surface area contributed by atoms with Crippen molar-refractivity contribution in [1.82, 2.24) is 0 Å². The number of carbonyl (C=O) groups excluding carboxylic acids is 1. The van der Waals surface area contributed by atoms with Gasteiger partial charge in [0.2, 0.25) is 5.08 Å². The maximum Gasteiger partial charge on any atom is 0.270 e. The largest absolute Gasteiger partial charge is 0.322 e. The summed E-state index contributed by atoms with van der Waals surface area (Å²) < 4.78 is 12.7. The molecule has 2 aromatic carbocycles. The molecule has 4 heteroatoms. The smallest absolute Gasteiger partial charge is 0.270 e. The molecule has 0 saturated carbocycles. The van der Waals surface area contributed by atoms with Crippen molar-refractivity contribution in [2.24, 2.45) is 0 Å². The van der Waals surface area contributed by atoms with Crippen molar-refractivity contribution in [1.29, 1.82) is 0 Å². The Bertz CT molecular complexity index is 522. The van der Waals surface area contributed by atoms with E-state index in [2.05, 4.69) is 21.2 Å². The minimum Gasteiger partial charge on any atom is -0.322 e. The van der Waals surface area contributed by atoms with Crippen LogP contribution in [0.3, 0.4) is 0 Å². The van der Waals surface area contributed by atoms with Crippen molar-refractivity contribution >= 4 is 38.3 Å². The van der Waals surface area contributed by atoms with Gasteiger partial charge >= 0.3 is 0 Å². The summed E-state index contributed by atoms with van der Waals surface area (Å²) in [5, 5.41) is 2.73. The second-order valence-electron chi connectivity index (χ2n) is 3.32. The summed E-state index contributed by atoms with van der Waals surface area (Å²) in [6.07, 6.45) is 0. The molecule has 0 aliphatic carbocycles. The van der Waals surface area contributed by atoms with Crippen molar-refractivity contribution in [3.05, 3.63) is 42.5 Å². The fraction of sp³-hybridized carbons (Fsp3) is 0.0833. The number of alkyl halides is 2. The highest BCUT2D eigenvalue weighted by Crippen LogP contribution is 2.23. The van der Waals surface area contributed by atoms with E-state index in [4.69, 9.17) is 0 Å². The van der Waals surface area contributed by atoms with Gasteiger partial charge in [0.25, 0.3) is 5.91 Å². The topological polar surface area (TPSA) is 29.1 Å². The van der Waals surface area contributed by atoms with E-state index in [1.807, 2.05) is 36.4 Å². The molecule has 1 unspecified atom stereocenters. The lowest BCUT2D eigenvalue weighted by molar-refractivity contribution is -0.117. The number of fused-ring (bicyclic) bond motifs is 1. The first-order chi connectivity index (χ1) is 7.68. The van der Waals surface area contributed by atoms with Crippen molar-refractivity contribution in [2.45, 2.75) is 5.08 Å². The van der Waals surface area contributed by atoms with Crippen molar-refractivity contribution in [3.8, 4) is 0 Å². The van der Waals surface area contributed by atoms with Gasteiger partial charge in [0.1, 0.15) is 0 Å². The molecule has 0 spiro atoms. The summed E-state index contributed by atoms with van der Waals surface area (Å²) in [6.45, 7) is 0. The summed E-state index contributed by atoms with van der Waals surface area (Å²) in [5.41, 5.74) is 0.616. The van der Waals surface area contributed by atoms with Crippen LogP contribution in [0.4, 0.5) is 10.1 Å². The van der Waals surface area contributed by atoms with Gasteiger partial charge < -0.3 is 5.32 Å². The molecule has 82 valence electrons. The van der Waals surface area contributed by atoms with Gasteiger partial charge in [-0.25, -0.2) is 4.39 Å². The van der Waals surface area contributed by atoms with Gasteiger partial charge in [-0.3, -0.25) is 4.79 Å². The molecule has 1 amide bonds. The highest BCUT2D eigenvalue weighted by atomic mass is 79.9. The van der Waals surface area contributed by atoms with E-state index >= 15 is 0 Å². The molecule has 2 aromatic rings. The van der Waals surface area contributed by atoms with Gasteiger partial charge in [-0.2, -0.15) is 0 Å². The van der Waals surface area contributed by atoms with Crippen LogP contribution in [-0.4, -0.2) is 11.0 Å². The van der Waals surface area contributed by atoms with Gasteiger partial charge in [0.05, 0.1) is 0 Å². The zero-order chi connectivity index (χ0) is 11.5. The molecule has 0 fully saturated rings. The fourth-order valence-corrected chi connectivity index (χ4v) is 1.64. The highest BCUT2D eigenvalue weighted by molar-refractivity contribution is 9.09. The third-order valence-corrected chi connectivity index (χ3v) is 2.66. The van der Waals surface area contributed by atoms with Gasteiger partial charge in [0.15, 0.2) is 0 Å². The first-order valence-electron chi connectivity index (χ1n) is 4.75. The maximum atomic E-state index is 12.7. The number of benzene rings is 2. The first kappa shape index (κ1) is 11.1. The third kappa shape index (κ3) is 2.22. The van der Waals surface area contributed by atoms with Crippen LogP contribution in [0.5, 0.6) is 0 Å². The van der Waals surface area contributed by atoms with E-state index in [1.165, 1.54) is 0 Å². The summed E-state index contributed by atoms with van der Waals surface area (Å²) >= 11 is 2.58. The van der Waals surface area contributed by atoms with E-state index in [-0.39, 0.29) is 0 Å². The zero-order valence-electron chi connectivity index (χ0n) is 8.28. The Labute approximate surface area is 101 Å². The van der Waals surface area contributed by atoms with Gasteiger partial charge in [-0.05, 0) is 27.4 Å². The van der Waals surface area contributed by atoms with Crippen LogP contribution in [0.2, 0.25) is 0 Å². The molecule has 1 atom stereocenters. The Morgan fingerprint density at radius 2 is 1.88 bits per heavy atom. The Morgan fingerprint density at radius 1 is 1.19 bits per heavy atom. The normalized spacial score (nSPS) is 12.4. The number of halogens is 2. The van der Waals surface area contributed by atoms with Crippen LogP contribution < -0.4 is 5.32 Å². The van der Waals surface area contributed by atoms with Crippen molar-refractivity contribution in [3.63, 3.8) is 0 Å². The summed E-state index contributed by atoms with van der Waals surface area (Å²) in [5.74, 6) is -0.698. The number of nitrogens with one attached hydrogen (secondary N) is 1. The monoisotopic (exact) mass is 281 g/mol. The third-order valence-electron chi connectivity index (χ3n) is 2.25. The lowest BCUT2D eigenvalue weighted by Gasteiger charge is -2.08. The molecule has 0 bridgehead atoms. The summed E-state index contributed by atoms with van der Waals surface area (Å²) in [4.78, 5) is 11.2. The fourth-order valence-electron chi connectivity index (χ4n) is 1.52. The Kier molecular flexibility index (Phi) is 3.19. The van der Waals surface area contributed by atoms with Crippen molar-refractivity contribution in [2.75, 3.05) is 5.32 Å². The quantitative estimate of drug-likeness (QED) is 0.839. The van der Waals surface area contributed by atoms with Crippen LogP contribution >= 0.6 is 15.9 Å². The second kappa shape index (κ2) is 4.61. The number of hydrogen-bond acceptors (Lipinski definition) is 1. The molecule has 1 N–H and O–H groups in total. The predicted molar refractivity (Wildman–Crippen MR) is 66.4 cm³/mol. The minimum atomic E-state index is -1.69. The number of amides is 1. The van der Waals surface area contributed by atoms with Gasteiger partial charge in [0, 0.05) is 11.1 Å². The van der Waals surface area contributed by atoms with E-state index in [0.717, 1.165) is 10.8 Å². The molecule has 2 rings (SSSR count). The molecule has 0 aliphatic heterocycles. The molecule has 0 saturated heterocycles. The lowest BCUT2D eigenvalue weighted by Crippen LogP contribution is -2.18. The minimum absolute atomic E-state index is 0.616. The highest BCUT2D eigenvalue weighted by Gasteiger charge is 2.13. The van der Waals surface area contributed by atoms with Crippen LogP contribution in [0, 0.1) is 0 Å². The molecule has 0 aromatic heterocycles. The maximum absolute atomic E-state index is 12.7. The van der Waals surface area contributed by atoms with Crippen molar-refractivity contribution < 1.29 is 9.18 Å². The lowest BCUT2D eigenvalue weighted by atomic mass is 10.1. The molecule has 0 aliphatic rings. The summed E-state index contributed by atoms with van der Waals surface area (Å²) in [6, 6.07) is 13.1. The summed E-state index contributed by atoms with van der Waals surface area (Å²) in [7, 11) is 0. The number of rotatable bonds is 2. The Morgan fingerprint density at radius 3 is 2.62 bits per heavy atom. The van der Waals surface area contributed by atoms with Crippen LogP contribution in [-0.2, 0) is 4.79 Å². The number of anilines is 1. The van der Waals surface area contributed by atoms with Gasteiger partial charge in [-0.1, -0.05) is 36.4 Å². The van der Waals surface area contributed by atoms with Crippen LogP contribution in [0.25, 0.3) is 10.8 Å². The SMILES string of the molecule is O=C(Nc1cccc2ccccc12)C(F)Br. The van der Waals surface area contributed by atoms with E-state index in [1.54, 1.807) is 6.07 Å².